The molecule has 7 nitrogen and oxygen atoms in total. The minimum absolute atomic E-state index is 0.177. The summed E-state index contributed by atoms with van der Waals surface area (Å²) < 4.78 is 10.7. The van der Waals surface area contributed by atoms with Crippen molar-refractivity contribution in [2.75, 3.05) is 32.1 Å². The number of carbonyl (C=O) groups is 1. The minimum atomic E-state index is -0.177. The van der Waals surface area contributed by atoms with Crippen molar-refractivity contribution in [1.29, 1.82) is 0 Å². The highest BCUT2D eigenvalue weighted by molar-refractivity contribution is 5.93. The van der Waals surface area contributed by atoms with Crippen LogP contribution < -0.4 is 15.4 Å². The molecule has 1 aliphatic rings. The van der Waals surface area contributed by atoms with Crippen LogP contribution in [0.2, 0.25) is 0 Å². The molecule has 0 spiro atoms. The molecule has 1 aliphatic heterocycles. The van der Waals surface area contributed by atoms with E-state index in [1.165, 1.54) is 12.4 Å². The highest BCUT2D eigenvalue weighted by Crippen LogP contribution is 2.13. The van der Waals surface area contributed by atoms with Gasteiger partial charge in [0.2, 0.25) is 5.95 Å². The maximum absolute atomic E-state index is 12.2. The number of hydrogen-bond donors (Lipinski definition) is 2. The Balaban J connectivity index is 1.42. The predicted octanol–water partition coefficient (Wildman–Crippen LogP) is 2.05. The van der Waals surface area contributed by atoms with Gasteiger partial charge in [-0.2, -0.15) is 0 Å². The number of anilines is 1. The third-order valence-corrected chi connectivity index (χ3v) is 4.28. The van der Waals surface area contributed by atoms with E-state index in [-0.39, 0.29) is 12.0 Å². The van der Waals surface area contributed by atoms with Crippen molar-refractivity contribution in [2.24, 2.45) is 0 Å². The molecule has 138 valence electrons. The Hall–Kier alpha value is -2.67. The summed E-state index contributed by atoms with van der Waals surface area (Å²) in [6.07, 6.45) is 6.20. The molecule has 0 radical (unpaired) electrons. The highest BCUT2D eigenvalue weighted by atomic mass is 16.5. The fourth-order valence-corrected chi connectivity index (χ4v) is 2.76. The highest BCUT2D eigenvalue weighted by Gasteiger charge is 2.15. The van der Waals surface area contributed by atoms with Gasteiger partial charge in [0, 0.05) is 32.1 Å². The molecule has 1 amide bonds. The summed E-state index contributed by atoms with van der Waals surface area (Å²) in [6.45, 7) is 2.06. The Morgan fingerprint density at radius 1 is 1.27 bits per heavy atom. The first kappa shape index (κ1) is 18.1. The van der Waals surface area contributed by atoms with Crippen molar-refractivity contribution in [3.8, 4) is 5.75 Å². The molecule has 2 heterocycles. The van der Waals surface area contributed by atoms with E-state index in [0.29, 0.717) is 24.6 Å². The molecule has 0 aliphatic carbocycles. The van der Waals surface area contributed by atoms with E-state index in [0.717, 1.165) is 37.2 Å². The number of carbonyl (C=O) groups excluding carboxylic acids is 1. The average Bonchev–Trinajstić information content (AvgIpc) is 3.21. The Kier molecular flexibility index (Phi) is 6.38. The van der Waals surface area contributed by atoms with Gasteiger partial charge in [-0.15, -0.1) is 0 Å². The fourth-order valence-electron chi connectivity index (χ4n) is 2.76. The maximum Gasteiger partial charge on any atom is 0.254 e. The van der Waals surface area contributed by atoms with Crippen molar-refractivity contribution >= 4 is 11.9 Å². The molecule has 0 bridgehead atoms. The van der Waals surface area contributed by atoms with Crippen LogP contribution in [0.3, 0.4) is 0 Å². The van der Waals surface area contributed by atoms with Gasteiger partial charge >= 0.3 is 0 Å². The lowest BCUT2D eigenvalue weighted by atomic mass is 10.1. The molecule has 1 saturated heterocycles. The van der Waals surface area contributed by atoms with Crippen molar-refractivity contribution in [3.05, 3.63) is 47.8 Å². The quantitative estimate of drug-likeness (QED) is 0.753. The number of rotatable bonds is 8. The van der Waals surface area contributed by atoms with E-state index in [1.807, 2.05) is 24.3 Å². The first-order valence-corrected chi connectivity index (χ1v) is 8.83. The summed E-state index contributed by atoms with van der Waals surface area (Å²) in [5.74, 6) is 1.16. The molecule has 2 N–H and O–H groups in total. The van der Waals surface area contributed by atoms with Gasteiger partial charge in [-0.1, -0.05) is 12.1 Å². The molecular formula is C19H24N4O3. The predicted molar refractivity (Wildman–Crippen MR) is 98.5 cm³/mol. The molecular weight excluding hydrogens is 332 g/mol. The number of methoxy groups -OCH3 is 1. The van der Waals surface area contributed by atoms with Crippen LogP contribution in [0.5, 0.6) is 5.75 Å². The number of nitrogens with zero attached hydrogens (tertiary/aromatic N) is 2. The lowest BCUT2D eigenvalue weighted by Crippen LogP contribution is -2.26. The second kappa shape index (κ2) is 9.15. The van der Waals surface area contributed by atoms with Crippen molar-refractivity contribution in [2.45, 2.75) is 25.4 Å². The molecule has 1 fully saturated rings. The van der Waals surface area contributed by atoms with E-state index < -0.39 is 0 Å². The number of ether oxygens (including phenoxy) is 2. The van der Waals surface area contributed by atoms with Gasteiger partial charge in [0.05, 0.1) is 18.8 Å². The molecule has 1 unspecified atom stereocenters. The van der Waals surface area contributed by atoms with E-state index in [9.17, 15) is 4.79 Å². The lowest BCUT2D eigenvalue weighted by molar-refractivity contribution is 0.0953. The molecule has 1 aromatic carbocycles. The topological polar surface area (TPSA) is 85.4 Å². The van der Waals surface area contributed by atoms with E-state index in [2.05, 4.69) is 20.6 Å². The molecule has 7 heteroatoms. The van der Waals surface area contributed by atoms with Gasteiger partial charge < -0.3 is 20.1 Å². The largest absolute Gasteiger partial charge is 0.497 e. The standard InChI is InChI=1S/C19H24N4O3/c1-25-16-6-4-14(5-7-16)8-9-20-18(24)15-11-21-19(22-12-15)23-13-17-3-2-10-26-17/h4-7,11-12,17H,2-3,8-10,13H2,1H3,(H,20,24)(H,21,22,23). The van der Waals surface area contributed by atoms with E-state index >= 15 is 0 Å². The SMILES string of the molecule is COc1ccc(CCNC(=O)c2cnc(NCC3CCCO3)nc2)cc1. The third-order valence-electron chi connectivity index (χ3n) is 4.28. The second-order valence-corrected chi connectivity index (χ2v) is 6.17. The van der Waals surface area contributed by atoms with Crippen LogP contribution in [0.4, 0.5) is 5.95 Å². The van der Waals surface area contributed by atoms with Gasteiger partial charge in [-0.05, 0) is 37.0 Å². The summed E-state index contributed by atoms with van der Waals surface area (Å²) in [7, 11) is 1.64. The van der Waals surface area contributed by atoms with E-state index in [4.69, 9.17) is 9.47 Å². The minimum Gasteiger partial charge on any atom is -0.497 e. The first-order chi connectivity index (χ1) is 12.7. The summed E-state index contributed by atoms with van der Waals surface area (Å²) in [5.41, 5.74) is 1.58. The molecule has 2 aromatic rings. The Morgan fingerprint density at radius 3 is 2.69 bits per heavy atom. The van der Waals surface area contributed by atoms with Gasteiger partial charge in [0.25, 0.3) is 5.91 Å². The van der Waals surface area contributed by atoms with Crippen molar-refractivity contribution < 1.29 is 14.3 Å². The van der Waals surface area contributed by atoms with Crippen LogP contribution >= 0.6 is 0 Å². The summed E-state index contributed by atoms with van der Waals surface area (Å²) >= 11 is 0. The first-order valence-electron chi connectivity index (χ1n) is 8.83. The Labute approximate surface area is 153 Å². The fraction of sp³-hybridized carbons (Fsp3) is 0.421. The zero-order valence-corrected chi connectivity index (χ0v) is 14.9. The van der Waals surface area contributed by atoms with Crippen LogP contribution in [0.25, 0.3) is 0 Å². The third kappa shape index (κ3) is 5.16. The Bertz CT molecular complexity index is 698. The smallest absolute Gasteiger partial charge is 0.254 e. The zero-order chi connectivity index (χ0) is 18.2. The number of aromatic nitrogens is 2. The molecule has 1 atom stereocenters. The van der Waals surface area contributed by atoms with Gasteiger partial charge in [-0.25, -0.2) is 9.97 Å². The second-order valence-electron chi connectivity index (χ2n) is 6.17. The molecule has 0 saturated carbocycles. The van der Waals surface area contributed by atoms with E-state index in [1.54, 1.807) is 7.11 Å². The number of hydrogen-bond acceptors (Lipinski definition) is 6. The zero-order valence-electron chi connectivity index (χ0n) is 14.9. The lowest BCUT2D eigenvalue weighted by Gasteiger charge is -2.10. The molecule has 26 heavy (non-hydrogen) atoms. The van der Waals surface area contributed by atoms with Crippen LogP contribution in [-0.4, -0.2) is 48.8 Å². The Morgan fingerprint density at radius 2 is 2.04 bits per heavy atom. The molecule has 3 rings (SSSR count). The number of benzene rings is 1. The normalized spacial score (nSPS) is 16.3. The maximum atomic E-state index is 12.2. The van der Waals surface area contributed by atoms with Crippen LogP contribution in [0, 0.1) is 0 Å². The van der Waals surface area contributed by atoms with Gasteiger partial charge in [0.1, 0.15) is 5.75 Å². The monoisotopic (exact) mass is 356 g/mol. The van der Waals surface area contributed by atoms with Gasteiger partial charge in [-0.3, -0.25) is 4.79 Å². The molecule has 1 aromatic heterocycles. The number of nitrogens with one attached hydrogen (secondary N) is 2. The van der Waals surface area contributed by atoms with Crippen LogP contribution in [-0.2, 0) is 11.2 Å². The van der Waals surface area contributed by atoms with Crippen LogP contribution in [0.15, 0.2) is 36.7 Å². The summed E-state index contributed by atoms with van der Waals surface area (Å²) in [5, 5.41) is 6.02. The average molecular weight is 356 g/mol. The van der Waals surface area contributed by atoms with Crippen molar-refractivity contribution in [1.82, 2.24) is 15.3 Å². The van der Waals surface area contributed by atoms with Crippen LogP contribution in [0.1, 0.15) is 28.8 Å². The summed E-state index contributed by atoms with van der Waals surface area (Å²) in [4.78, 5) is 20.5. The number of amides is 1. The van der Waals surface area contributed by atoms with Gasteiger partial charge in [0.15, 0.2) is 0 Å². The summed E-state index contributed by atoms with van der Waals surface area (Å²) in [6, 6.07) is 7.80. The van der Waals surface area contributed by atoms with Crippen molar-refractivity contribution in [3.63, 3.8) is 0 Å².